The summed E-state index contributed by atoms with van der Waals surface area (Å²) in [7, 11) is 0. The van der Waals surface area contributed by atoms with Crippen LogP contribution in [-0.2, 0) is 6.54 Å². The highest BCUT2D eigenvalue weighted by Crippen LogP contribution is 2.20. The van der Waals surface area contributed by atoms with E-state index < -0.39 is 0 Å². The number of anilines is 1. The van der Waals surface area contributed by atoms with E-state index in [9.17, 15) is 9.50 Å². The van der Waals surface area contributed by atoms with Crippen LogP contribution in [0.3, 0.4) is 0 Å². The second-order valence-corrected chi connectivity index (χ2v) is 6.72. The molecular formula is C21H21FN4O. The molecule has 1 N–H and O–H groups in total. The molecule has 0 amide bonds. The minimum atomic E-state index is -0.257. The Labute approximate surface area is 157 Å². The van der Waals surface area contributed by atoms with Crippen molar-refractivity contribution in [2.45, 2.75) is 6.54 Å². The average Bonchev–Trinajstić information content (AvgIpc) is 2.69. The van der Waals surface area contributed by atoms with Crippen LogP contribution in [0.15, 0.2) is 60.7 Å². The number of phenols is 1. The van der Waals surface area contributed by atoms with Crippen LogP contribution in [-0.4, -0.2) is 46.4 Å². The van der Waals surface area contributed by atoms with Gasteiger partial charge in [-0.15, -0.1) is 10.2 Å². The fraction of sp³-hybridized carbons (Fsp3) is 0.238. The molecule has 1 aliphatic heterocycles. The van der Waals surface area contributed by atoms with Crippen molar-refractivity contribution in [2.24, 2.45) is 0 Å². The van der Waals surface area contributed by atoms with Crippen molar-refractivity contribution >= 4 is 5.82 Å². The number of aromatic hydroxyl groups is 1. The van der Waals surface area contributed by atoms with E-state index in [1.54, 1.807) is 18.2 Å². The number of aromatic nitrogens is 2. The Kier molecular flexibility index (Phi) is 4.98. The predicted octanol–water partition coefficient (Wildman–Crippen LogP) is 3.31. The molecule has 1 saturated heterocycles. The van der Waals surface area contributed by atoms with Crippen LogP contribution in [0.25, 0.3) is 11.3 Å². The van der Waals surface area contributed by atoms with Crippen LogP contribution in [0.4, 0.5) is 10.2 Å². The minimum absolute atomic E-state index is 0.257. The molecule has 1 aromatic heterocycles. The smallest absolute Gasteiger partial charge is 0.151 e. The second-order valence-electron chi connectivity index (χ2n) is 6.72. The van der Waals surface area contributed by atoms with Crippen molar-refractivity contribution in [3.63, 3.8) is 0 Å². The highest BCUT2D eigenvalue weighted by Gasteiger charge is 2.18. The Bertz CT molecular complexity index is 891. The number of benzene rings is 2. The van der Waals surface area contributed by atoms with E-state index in [-0.39, 0.29) is 5.82 Å². The molecule has 0 radical (unpaired) electrons. The van der Waals surface area contributed by atoms with Gasteiger partial charge in [0.2, 0.25) is 0 Å². The number of halogens is 1. The van der Waals surface area contributed by atoms with Crippen LogP contribution in [0.2, 0.25) is 0 Å². The van der Waals surface area contributed by atoms with E-state index in [1.807, 2.05) is 30.3 Å². The first-order chi connectivity index (χ1) is 13.2. The first-order valence-corrected chi connectivity index (χ1v) is 9.02. The molecular weight excluding hydrogens is 343 g/mol. The molecule has 6 heteroatoms. The molecule has 27 heavy (non-hydrogen) atoms. The van der Waals surface area contributed by atoms with Gasteiger partial charge in [-0.2, -0.15) is 0 Å². The minimum Gasteiger partial charge on any atom is -0.508 e. The van der Waals surface area contributed by atoms with Crippen molar-refractivity contribution in [3.05, 3.63) is 72.0 Å². The molecule has 0 bridgehead atoms. The highest BCUT2D eigenvalue weighted by atomic mass is 19.1. The topological polar surface area (TPSA) is 52.5 Å². The zero-order valence-corrected chi connectivity index (χ0v) is 14.9. The second kappa shape index (κ2) is 7.72. The fourth-order valence-corrected chi connectivity index (χ4v) is 3.32. The molecule has 4 rings (SSSR count). The third kappa shape index (κ3) is 4.23. The number of piperazine rings is 1. The summed E-state index contributed by atoms with van der Waals surface area (Å²) in [6.45, 7) is 4.44. The van der Waals surface area contributed by atoms with Gasteiger partial charge in [-0.05, 0) is 54.1 Å². The van der Waals surface area contributed by atoms with E-state index in [1.165, 1.54) is 12.1 Å². The molecule has 0 aliphatic carbocycles. The molecule has 138 valence electrons. The molecule has 0 atom stereocenters. The zero-order chi connectivity index (χ0) is 18.6. The Balaban J connectivity index is 1.36. The van der Waals surface area contributed by atoms with Crippen molar-refractivity contribution in [2.75, 3.05) is 31.1 Å². The van der Waals surface area contributed by atoms with Crippen LogP contribution in [0.1, 0.15) is 5.56 Å². The summed E-state index contributed by atoms with van der Waals surface area (Å²) in [6.07, 6.45) is 0. The van der Waals surface area contributed by atoms with E-state index in [4.69, 9.17) is 0 Å². The number of hydrogen-bond donors (Lipinski definition) is 1. The molecule has 1 fully saturated rings. The van der Waals surface area contributed by atoms with Crippen molar-refractivity contribution in [1.29, 1.82) is 0 Å². The average molecular weight is 364 g/mol. The maximum Gasteiger partial charge on any atom is 0.151 e. The van der Waals surface area contributed by atoms with Gasteiger partial charge in [0.25, 0.3) is 0 Å². The molecule has 0 saturated carbocycles. The summed E-state index contributed by atoms with van der Waals surface area (Å²) in [5.74, 6) is 0.910. The lowest BCUT2D eigenvalue weighted by atomic mass is 10.1. The molecule has 1 aliphatic rings. The normalized spacial score (nSPS) is 15.1. The standard InChI is InChI=1S/C21H21FN4O/c22-18-6-4-17(5-7-18)20-8-9-21(24-23-20)26-12-10-25(11-13-26)15-16-2-1-3-19(27)14-16/h1-9,14,27H,10-13,15H2. The van der Waals surface area contributed by atoms with Crippen molar-refractivity contribution < 1.29 is 9.50 Å². The Morgan fingerprint density at radius 1 is 0.889 bits per heavy atom. The summed E-state index contributed by atoms with van der Waals surface area (Å²) in [4.78, 5) is 4.59. The number of phenolic OH excluding ortho intramolecular Hbond substituents is 1. The molecule has 0 spiro atoms. The van der Waals surface area contributed by atoms with Crippen LogP contribution >= 0.6 is 0 Å². The predicted molar refractivity (Wildman–Crippen MR) is 103 cm³/mol. The van der Waals surface area contributed by atoms with Gasteiger partial charge in [0.15, 0.2) is 5.82 Å². The van der Waals surface area contributed by atoms with Crippen molar-refractivity contribution in [3.8, 4) is 17.0 Å². The van der Waals surface area contributed by atoms with E-state index in [2.05, 4.69) is 20.0 Å². The van der Waals surface area contributed by atoms with Gasteiger partial charge >= 0.3 is 0 Å². The van der Waals surface area contributed by atoms with Gasteiger partial charge in [-0.25, -0.2) is 4.39 Å². The molecule has 0 unspecified atom stereocenters. The monoisotopic (exact) mass is 364 g/mol. The summed E-state index contributed by atoms with van der Waals surface area (Å²) >= 11 is 0. The lowest BCUT2D eigenvalue weighted by Crippen LogP contribution is -2.46. The molecule has 2 heterocycles. The quantitative estimate of drug-likeness (QED) is 0.770. The summed E-state index contributed by atoms with van der Waals surface area (Å²) < 4.78 is 13.0. The maximum absolute atomic E-state index is 13.0. The fourth-order valence-electron chi connectivity index (χ4n) is 3.32. The molecule has 5 nitrogen and oxygen atoms in total. The van der Waals surface area contributed by atoms with Crippen LogP contribution in [0.5, 0.6) is 5.75 Å². The van der Waals surface area contributed by atoms with Gasteiger partial charge < -0.3 is 10.0 Å². The largest absolute Gasteiger partial charge is 0.508 e. The van der Waals surface area contributed by atoms with Gasteiger partial charge in [0.05, 0.1) is 5.69 Å². The number of hydrogen-bond acceptors (Lipinski definition) is 5. The lowest BCUT2D eigenvalue weighted by molar-refractivity contribution is 0.249. The lowest BCUT2D eigenvalue weighted by Gasteiger charge is -2.35. The first-order valence-electron chi connectivity index (χ1n) is 9.02. The Morgan fingerprint density at radius 2 is 1.67 bits per heavy atom. The SMILES string of the molecule is Oc1cccc(CN2CCN(c3ccc(-c4ccc(F)cc4)nn3)CC2)c1. The number of nitrogens with zero attached hydrogens (tertiary/aromatic N) is 4. The Morgan fingerprint density at radius 3 is 2.33 bits per heavy atom. The number of rotatable bonds is 4. The molecule has 3 aromatic rings. The zero-order valence-electron chi connectivity index (χ0n) is 14.9. The summed E-state index contributed by atoms with van der Waals surface area (Å²) in [5, 5.41) is 18.2. The van der Waals surface area contributed by atoms with Gasteiger partial charge in [-0.3, -0.25) is 4.90 Å². The highest BCUT2D eigenvalue weighted by molar-refractivity contribution is 5.59. The van der Waals surface area contributed by atoms with E-state index in [0.29, 0.717) is 5.75 Å². The van der Waals surface area contributed by atoms with Gasteiger partial charge in [0, 0.05) is 38.3 Å². The maximum atomic E-state index is 13.0. The Hall–Kier alpha value is -2.99. The van der Waals surface area contributed by atoms with Crippen LogP contribution in [0, 0.1) is 5.82 Å². The molecule has 2 aromatic carbocycles. The van der Waals surface area contributed by atoms with Gasteiger partial charge in [0.1, 0.15) is 11.6 Å². The van der Waals surface area contributed by atoms with Crippen LogP contribution < -0.4 is 4.90 Å². The van der Waals surface area contributed by atoms with E-state index in [0.717, 1.165) is 55.4 Å². The summed E-state index contributed by atoms with van der Waals surface area (Å²) in [6, 6.07) is 17.6. The first kappa shape index (κ1) is 17.4. The third-order valence-electron chi connectivity index (χ3n) is 4.80. The van der Waals surface area contributed by atoms with E-state index >= 15 is 0 Å². The van der Waals surface area contributed by atoms with Gasteiger partial charge in [-0.1, -0.05) is 12.1 Å². The third-order valence-corrected chi connectivity index (χ3v) is 4.80. The van der Waals surface area contributed by atoms with Crippen molar-refractivity contribution in [1.82, 2.24) is 15.1 Å². The summed E-state index contributed by atoms with van der Waals surface area (Å²) in [5.41, 5.74) is 2.71.